The predicted molar refractivity (Wildman–Crippen MR) is 129 cm³/mol. The molecule has 5 rings (SSSR count). The molecule has 0 bridgehead atoms. The number of nitrogens with zero attached hydrogens (tertiary/aromatic N) is 1. The third kappa shape index (κ3) is 4.09. The molecule has 5 nitrogen and oxygen atoms in total. The van der Waals surface area contributed by atoms with Crippen molar-refractivity contribution in [3.05, 3.63) is 93.2 Å². The van der Waals surface area contributed by atoms with E-state index >= 15 is 0 Å². The fourth-order valence-electron chi connectivity index (χ4n) is 5.25. The van der Waals surface area contributed by atoms with Gasteiger partial charge < -0.3 is 15.0 Å². The average Bonchev–Trinajstić information content (AvgIpc) is 3.38. The number of fused-ring (bicyclic) bond motifs is 2. The van der Waals surface area contributed by atoms with E-state index in [1.807, 2.05) is 52.7 Å². The summed E-state index contributed by atoms with van der Waals surface area (Å²) in [5, 5.41) is 5.37. The molecule has 3 aromatic rings. The molecule has 1 aliphatic carbocycles. The summed E-state index contributed by atoms with van der Waals surface area (Å²) in [4.78, 5) is 30.3. The Morgan fingerprint density at radius 2 is 1.88 bits per heavy atom. The molecule has 1 aromatic heterocycles. The summed E-state index contributed by atoms with van der Waals surface area (Å²) in [6.45, 7) is 0.850. The van der Waals surface area contributed by atoms with Crippen molar-refractivity contribution in [1.29, 1.82) is 0 Å². The minimum absolute atomic E-state index is 0.0105. The Kier molecular flexibility index (Phi) is 6.29. The van der Waals surface area contributed by atoms with Gasteiger partial charge in [0.2, 0.25) is 5.91 Å². The second-order valence-corrected chi connectivity index (χ2v) is 9.65. The van der Waals surface area contributed by atoms with E-state index in [1.54, 1.807) is 18.4 Å². The summed E-state index contributed by atoms with van der Waals surface area (Å²) in [7, 11) is 1.63. The smallest absolute Gasteiger partial charge is 0.254 e. The van der Waals surface area contributed by atoms with E-state index in [2.05, 4.69) is 23.5 Å². The molecular weight excluding hydrogens is 432 g/mol. The van der Waals surface area contributed by atoms with Crippen LogP contribution < -0.4 is 5.32 Å². The molecule has 0 fully saturated rings. The van der Waals surface area contributed by atoms with Crippen LogP contribution in [-0.2, 0) is 16.0 Å². The number of methoxy groups -OCH3 is 1. The van der Waals surface area contributed by atoms with Gasteiger partial charge in [0.05, 0.1) is 24.6 Å². The number of hydrogen-bond acceptors (Lipinski definition) is 4. The highest BCUT2D eigenvalue weighted by Crippen LogP contribution is 2.44. The Balaban J connectivity index is 1.55. The standard InChI is InChI=1S/C27H28N2O3S/c1-32-16-15-29-25(23-14-7-17-33-23)24(20-11-4-5-12-21(20)27(29)31)26(30)28-22-13-6-9-18-8-2-3-10-19(18)22/h2-5,7-8,10-12,14,17,22,24-25H,6,9,13,15-16H2,1H3,(H,28,30)/t22-,24-,25-/m0/s1. The first-order valence-electron chi connectivity index (χ1n) is 11.5. The molecule has 0 radical (unpaired) electrons. The minimum atomic E-state index is -0.483. The molecular formula is C27H28N2O3S. The number of hydrogen-bond donors (Lipinski definition) is 1. The molecule has 2 aromatic carbocycles. The molecule has 170 valence electrons. The van der Waals surface area contributed by atoms with Crippen molar-refractivity contribution in [2.75, 3.05) is 20.3 Å². The van der Waals surface area contributed by atoms with Gasteiger partial charge >= 0.3 is 0 Å². The van der Waals surface area contributed by atoms with Gasteiger partial charge in [0.25, 0.3) is 5.91 Å². The molecule has 2 amide bonds. The van der Waals surface area contributed by atoms with Gasteiger partial charge in [-0.05, 0) is 53.5 Å². The third-order valence-corrected chi connectivity index (χ3v) is 7.72. The van der Waals surface area contributed by atoms with E-state index in [1.165, 1.54) is 11.1 Å². The number of carbonyl (C=O) groups is 2. The highest BCUT2D eigenvalue weighted by Gasteiger charge is 2.45. The molecule has 0 unspecified atom stereocenters. The topological polar surface area (TPSA) is 58.6 Å². The number of nitrogens with one attached hydrogen (secondary N) is 1. The van der Waals surface area contributed by atoms with E-state index in [-0.39, 0.29) is 23.9 Å². The molecule has 0 saturated heterocycles. The normalized spacial score (nSPS) is 21.9. The van der Waals surface area contributed by atoms with Crippen molar-refractivity contribution < 1.29 is 14.3 Å². The summed E-state index contributed by atoms with van der Waals surface area (Å²) in [5.74, 6) is -0.561. The van der Waals surface area contributed by atoms with Crippen molar-refractivity contribution in [2.24, 2.45) is 0 Å². The number of amides is 2. The summed E-state index contributed by atoms with van der Waals surface area (Å²) in [6.07, 6.45) is 3.02. The zero-order chi connectivity index (χ0) is 22.8. The molecule has 0 spiro atoms. The Labute approximate surface area is 198 Å². The number of benzene rings is 2. The zero-order valence-electron chi connectivity index (χ0n) is 18.7. The third-order valence-electron chi connectivity index (χ3n) is 6.78. The summed E-state index contributed by atoms with van der Waals surface area (Å²) >= 11 is 1.58. The van der Waals surface area contributed by atoms with Crippen LogP contribution in [0.2, 0.25) is 0 Å². The number of carbonyl (C=O) groups excluding carboxylic acids is 2. The van der Waals surface area contributed by atoms with E-state index in [4.69, 9.17) is 4.74 Å². The van der Waals surface area contributed by atoms with Crippen LogP contribution in [0.3, 0.4) is 0 Å². The summed E-state index contributed by atoms with van der Waals surface area (Å²) in [6, 6.07) is 19.6. The Morgan fingerprint density at radius 3 is 2.67 bits per heavy atom. The second kappa shape index (κ2) is 9.49. The molecule has 2 aliphatic rings. The second-order valence-electron chi connectivity index (χ2n) is 8.67. The summed E-state index contributed by atoms with van der Waals surface area (Å²) < 4.78 is 5.31. The minimum Gasteiger partial charge on any atom is -0.383 e. The maximum absolute atomic E-state index is 14.0. The predicted octanol–water partition coefficient (Wildman–Crippen LogP) is 4.87. The fourth-order valence-corrected chi connectivity index (χ4v) is 6.13. The highest BCUT2D eigenvalue weighted by atomic mass is 32.1. The molecule has 0 saturated carbocycles. The fraction of sp³-hybridized carbons (Fsp3) is 0.333. The highest BCUT2D eigenvalue weighted by molar-refractivity contribution is 7.10. The number of rotatable bonds is 6. The van der Waals surface area contributed by atoms with Crippen molar-refractivity contribution in [3.63, 3.8) is 0 Å². The average molecular weight is 461 g/mol. The Bertz CT molecular complexity index is 1140. The molecule has 3 atom stereocenters. The molecule has 1 aliphatic heterocycles. The van der Waals surface area contributed by atoms with Crippen molar-refractivity contribution >= 4 is 23.2 Å². The van der Waals surface area contributed by atoms with Gasteiger partial charge in [0, 0.05) is 24.1 Å². The van der Waals surface area contributed by atoms with Gasteiger partial charge in [0.1, 0.15) is 0 Å². The first-order valence-corrected chi connectivity index (χ1v) is 12.4. The SMILES string of the molecule is COCCN1C(=O)c2ccccc2[C@H](C(=O)N[C@H]2CCCc3ccccc32)[C@@H]1c1cccs1. The van der Waals surface area contributed by atoms with Crippen molar-refractivity contribution in [2.45, 2.75) is 37.3 Å². The van der Waals surface area contributed by atoms with Gasteiger partial charge in [-0.15, -0.1) is 11.3 Å². The van der Waals surface area contributed by atoms with Gasteiger partial charge in [-0.1, -0.05) is 48.5 Å². The molecule has 33 heavy (non-hydrogen) atoms. The maximum Gasteiger partial charge on any atom is 0.254 e. The van der Waals surface area contributed by atoms with Crippen molar-refractivity contribution in [3.8, 4) is 0 Å². The lowest BCUT2D eigenvalue weighted by molar-refractivity contribution is -0.125. The van der Waals surface area contributed by atoms with E-state index in [0.717, 1.165) is 29.7 Å². The van der Waals surface area contributed by atoms with Gasteiger partial charge in [-0.2, -0.15) is 0 Å². The Hall–Kier alpha value is -2.96. The largest absolute Gasteiger partial charge is 0.383 e. The summed E-state index contributed by atoms with van der Waals surface area (Å²) in [5.41, 5.74) is 3.92. The van der Waals surface area contributed by atoms with Crippen LogP contribution in [0.1, 0.15) is 62.8 Å². The number of ether oxygens (including phenoxy) is 1. The van der Waals surface area contributed by atoms with Crippen LogP contribution in [-0.4, -0.2) is 37.0 Å². The van der Waals surface area contributed by atoms with E-state index in [0.29, 0.717) is 18.7 Å². The van der Waals surface area contributed by atoms with Crippen LogP contribution in [0, 0.1) is 0 Å². The lowest BCUT2D eigenvalue weighted by atomic mass is 9.80. The van der Waals surface area contributed by atoms with Crippen LogP contribution in [0.5, 0.6) is 0 Å². The maximum atomic E-state index is 14.0. The van der Waals surface area contributed by atoms with Crippen LogP contribution in [0.25, 0.3) is 0 Å². The van der Waals surface area contributed by atoms with Crippen molar-refractivity contribution in [1.82, 2.24) is 10.2 Å². The number of thiophene rings is 1. The quantitative estimate of drug-likeness (QED) is 0.571. The molecule has 1 N–H and O–H groups in total. The van der Waals surface area contributed by atoms with Gasteiger partial charge in [-0.3, -0.25) is 9.59 Å². The van der Waals surface area contributed by atoms with Gasteiger partial charge in [0.15, 0.2) is 0 Å². The molecule has 6 heteroatoms. The molecule has 2 heterocycles. The first-order chi connectivity index (χ1) is 16.2. The first kappa shape index (κ1) is 21.9. The zero-order valence-corrected chi connectivity index (χ0v) is 19.5. The monoisotopic (exact) mass is 460 g/mol. The number of aryl methyl sites for hydroxylation is 1. The van der Waals surface area contributed by atoms with Gasteiger partial charge in [-0.25, -0.2) is 0 Å². The van der Waals surface area contributed by atoms with E-state index in [9.17, 15) is 9.59 Å². The lowest BCUT2D eigenvalue weighted by Gasteiger charge is -2.41. The van der Waals surface area contributed by atoms with Crippen LogP contribution in [0.15, 0.2) is 66.0 Å². The lowest BCUT2D eigenvalue weighted by Crippen LogP contribution is -2.48. The Morgan fingerprint density at radius 1 is 1.09 bits per heavy atom. The van der Waals surface area contributed by atoms with E-state index < -0.39 is 5.92 Å². The van der Waals surface area contributed by atoms with Crippen LogP contribution in [0.4, 0.5) is 0 Å². The van der Waals surface area contributed by atoms with Crippen LogP contribution >= 0.6 is 11.3 Å².